The molecule has 0 saturated heterocycles. The summed E-state index contributed by atoms with van der Waals surface area (Å²) in [5.41, 5.74) is 10.4. The van der Waals surface area contributed by atoms with Crippen molar-refractivity contribution in [2.24, 2.45) is 5.73 Å². The molecule has 3 aromatic carbocycles. The molecule has 0 spiro atoms. The molecule has 0 fully saturated rings. The van der Waals surface area contributed by atoms with Gasteiger partial charge in [0.25, 0.3) is 0 Å². The number of amides is 1. The van der Waals surface area contributed by atoms with Crippen LogP contribution in [0.3, 0.4) is 0 Å². The quantitative estimate of drug-likeness (QED) is 0.226. The molecule has 1 aromatic heterocycles. The summed E-state index contributed by atoms with van der Waals surface area (Å²) in [5, 5.41) is 21.9. The van der Waals surface area contributed by atoms with E-state index >= 15 is 0 Å². The van der Waals surface area contributed by atoms with Gasteiger partial charge in [0, 0.05) is 41.7 Å². The molecule has 4 N–H and O–H groups in total. The lowest BCUT2D eigenvalue weighted by Crippen LogP contribution is -2.43. The van der Waals surface area contributed by atoms with Crippen molar-refractivity contribution in [3.8, 4) is 28.7 Å². The number of aliphatic hydroxyl groups is 1. The van der Waals surface area contributed by atoms with Gasteiger partial charge in [-0.2, -0.15) is 5.26 Å². The largest absolute Gasteiger partial charge is 0.488 e. The lowest BCUT2D eigenvalue weighted by molar-refractivity contribution is -0.120. The number of aromatic nitrogens is 1. The first-order valence-corrected chi connectivity index (χ1v) is 13.7. The fraction of sp³-hybridized carbons (Fsp3) is 0.219. The normalized spacial score (nSPS) is 14.6. The molecule has 5 rings (SSSR count). The number of hydrogen-bond donors (Lipinski definition) is 3. The SMILES string of the molecule is N#Cc1cncc(COc2cc(O[C@H]3CCc4c(-c5ccccc5F)cccc43)c(Cl)cc2CN[C@@H](CO)C(N)=O)c1. The maximum atomic E-state index is 14.6. The number of hydrogen-bond acceptors (Lipinski definition) is 7. The van der Waals surface area contributed by atoms with Crippen molar-refractivity contribution in [1.29, 1.82) is 5.26 Å². The van der Waals surface area contributed by atoms with Crippen LogP contribution in [0.15, 0.2) is 73.1 Å². The summed E-state index contributed by atoms with van der Waals surface area (Å²) in [5.74, 6) is -0.162. The zero-order valence-electron chi connectivity index (χ0n) is 22.5. The first-order chi connectivity index (χ1) is 20.4. The number of nitrogens with zero attached hydrogens (tertiary/aromatic N) is 2. The van der Waals surface area contributed by atoms with Crippen molar-refractivity contribution in [2.75, 3.05) is 6.61 Å². The molecule has 10 heteroatoms. The Labute approximate surface area is 247 Å². The highest BCUT2D eigenvalue weighted by Crippen LogP contribution is 2.43. The Morgan fingerprint density at radius 3 is 2.74 bits per heavy atom. The van der Waals surface area contributed by atoms with Gasteiger partial charge in [0.1, 0.15) is 42.1 Å². The zero-order chi connectivity index (χ0) is 29.6. The van der Waals surface area contributed by atoms with Crippen LogP contribution in [0, 0.1) is 17.1 Å². The van der Waals surface area contributed by atoms with E-state index < -0.39 is 18.6 Å². The summed E-state index contributed by atoms with van der Waals surface area (Å²) < 4.78 is 27.2. The number of nitrogens with two attached hydrogens (primary N) is 1. The molecule has 0 radical (unpaired) electrons. The predicted octanol–water partition coefficient (Wildman–Crippen LogP) is 4.99. The number of aliphatic hydroxyl groups excluding tert-OH is 1. The van der Waals surface area contributed by atoms with Crippen LogP contribution in [-0.2, 0) is 24.4 Å². The van der Waals surface area contributed by atoms with Gasteiger partial charge in [-0.1, -0.05) is 48.0 Å². The highest BCUT2D eigenvalue weighted by atomic mass is 35.5. The maximum Gasteiger partial charge on any atom is 0.236 e. The van der Waals surface area contributed by atoms with E-state index in [4.69, 9.17) is 26.8 Å². The van der Waals surface area contributed by atoms with E-state index in [0.717, 1.165) is 16.7 Å². The van der Waals surface area contributed by atoms with Gasteiger partial charge < -0.3 is 20.3 Å². The summed E-state index contributed by atoms with van der Waals surface area (Å²) in [7, 11) is 0. The van der Waals surface area contributed by atoms with Gasteiger partial charge in [0.15, 0.2) is 0 Å². The number of fused-ring (bicyclic) bond motifs is 1. The number of ether oxygens (including phenoxy) is 2. The number of rotatable bonds is 11. The number of carbonyl (C=O) groups excluding carboxylic acids is 1. The molecule has 214 valence electrons. The molecule has 0 aliphatic heterocycles. The van der Waals surface area contributed by atoms with Crippen LogP contribution < -0.4 is 20.5 Å². The number of nitrogens with one attached hydrogen (secondary N) is 1. The van der Waals surface area contributed by atoms with E-state index in [-0.39, 0.29) is 25.1 Å². The van der Waals surface area contributed by atoms with Gasteiger partial charge >= 0.3 is 0 Å². The number of benzene rings is 3. The maximum absolute atomic E-state index is 14.6. The van der Waals surface area contributed by atoms with Gasteiger partial charge in [0.2, 0.25) is 5.91 Å². The summed E-state index contributed by atoms with van der Waals surface area (Å²) in [6.45, 7) is -0.241. The minimum atomic E-state index is -0.956. The number of carbonyl (C=O) groups is 1. The lowest BCUT2D eigenvalue weighted by Gasteiger charge is -2.20. The van der Waals surface area contributed by atoms with Crippen molar-refractivity contribution in [3.05, 3.63) is 112 Å². The topological polar surface area (TPSA) is 130 Å². The van der Waals surface area contributed by atoms with E-state index in [2.05, 4.69) is 16.4 Å². The minimum absolute atomic E-state index is 0.105. The molecule has 0 saturated carbocycles. The molecule has 4 aromatic rings. The van der Waals surface area contributed by atoms with Crippen molar-refractivity contribution in [2.45, 2.75) is 38.1 Å². The van der Waals surface area contributed by atoms with Crippen LogP contribution in [0.4, 0.5) is 4.39 Å². The van der Waals surface area contributed by atoms with Crippen molar-refractivity contribution in [1.82, 2.24) is 10.3 Å². The van der Waals surface area contributed by atoms with Gasteiger partial charge in [-0.15, -0.1) is 0 Å². The van der Waals surface area contributed by atoms with Crippen molar-refractivity contribution in [3.63, 3.8) is 0 Å². The molecule has 0 bridgehead atoms. The third-order valence-corrected chi connectivity index (χ3v) is 7.44. The van der Waals surface area contributed by atoms with Crippen LogP contribution in [0.5, 0.6) is 11.5 Å². The number of halogens is 2. The first kappa shape index (κ1) is 29.0. The molecule has 42 heavy (non-hydrogen) atoms. The second-order valence-electron chi connectivity index (χ2n) is 9.89. The fourth-order valence-electron chi connectivity index (χ4n) is 5.04. The summed E-state index contributed by atoms with van der Waals surface area (Å²) in [6, 6.07) is 18.6. The van der Waals surface area contributed by atoms with Gasteiger partial charge in [-0.3, -0.25) is 15.1 Å². The Hall–Kier alpha value is -4.49. The number of primary amides is 1. The van der Waals surface area contributed by atoms with Gasteiger partial charge in [0.05, 0.1) is 17.2 Å². The van der Waals surface area contributed by atoms with Crippen LogP contribution >= 0.6 is 11.6 Å². The Bertz CT molecular complexity index is 1660. The third-order valence-electron chi connectivity index (χ3n) is 7.15. The molecule has 8 nitrogen and oxygen atoms in total. The van der Waals surface area contributed by atoms with E-state index in [9.17, 15) is 19.6 Å². The van der Waals surface area contributed by atoms with E-state index in [1.165, 1.54) is 12.3 Å². The van der Waals surface area contributed by atoms with Crippen LogP contribution in [0.1, 0.15) is 40.3 Å². The van der Waals surface area contributed by atoms with Crippen LogP contribution in [0.2, 0.25) is 5.02 Å². The Balaban J connectivity index is 1.43. The fourth-order valence-corrected chi connectivity index (χ4v) is 5.27. The van der Waals surface area contributed by atoms with Crippen molar-refractivity contribution < 1.29 is 23.8 Å². The molecule has 1 aliphatic rings. The van der Waals surface area contributed by atoms with E-state index in [1.807, 2.05) is 24.3 Å². The average molecular weight is 587 g/mol. The second-order valence-corrected chi connectivity index (χ2v) is 10.3. The minimum Gasteiger partial charge on any atom is -0.488 e. The molecular weight excluding hydrogens is 559 g/mol. The highest BCUT2D eigenvalue weighted by molar-refractivity contribution is 6.32. The van der Waals surface area contributed by atoms with Gasteiger partial charge in [-0.25, -0.2) is 4.39 Å². The van der Waals surface area contributed by atoms with E-state index in [1.54, 1.807) is 36.5 Å². The number of pyridine rings is 1. The average Bonchev–Trinajstić information content (AvgIpc) is 3.41. The van der Waals surface area contributed by atoms with Gasteiger partial charge in [-0.05, 0) is 47.7 Å². The first-order valence-electron chi connectivity index (χ1n) is 13.3. The lowest BCUT2D eigenvalue weighted by atomic mass is 9.96. The Morgan fingerprint density at radius 1 is 1.17 bits per heavy atom. The smallest absolute Gasteiger partial charge is 0.236 e. The standard InChI is InChI=1S/C32H28ClFN4O4/c33-26-11-21(16-38-28(17-39)32(36)40)30(41-18-20-10-19(13-35)14-37-15-20)12-31(26)42-29-9-8-23-22(5-3-6-25(23)29)24-4-1-2-7-27(24)34/h1-7,10-12,14-15,28-29,38-39H,8-9,16-18H2,(H2,36,40)/t28-,29-/m0/s1. The van der Waals surface area contributed by atoms with E-state index in [0.29, 0.717) is 51.6 Å². The second kappa shape index (κ2) is 13.0. The summed E-state index contributed by atoms with van der Waals surface area (Å²) >= 11 is 6.68. The van der Waals surface area contributed by atoms with Crippen molar-refractivity contribution >= 4 is 17.5 Å². The number of nitriles is 1. The van der Waals surface area contributed by atoms with Crippen LogP contribution in [0.25, 0.3) is 11.1 Å². The molecule has 1 amide bonds. The molecule has 1 heterocycles. The monoisotopic (exact) mass is 586 g/mol. The third kappa shape index (κ3) is 6.37. The Morgan fingerprint density at radius 2 is 1.98 bits per heavy atom. The zero-order valence-corrected chi connectivity index (χ0v) is 23.3. The summed E-state index contributed by atoms with van der Waals surface area (Å²) in [4.78, 5) is 15.7. The Kier molecular flexibility index (Phi) is 8.98. The molecule has 0 unspecified atom stereocenters. The molecular formula is C32H28ClFN4O4. The molecule has 1 aliphatic carbocycles. The highest BCUT2D eigenvalue weighted by Gasteiger charge is 2.28. The summed E-state index contributed by atoms with van der Waals surface area (Å²) in [6.07, 6.45) is 4.14. The molecule has 2 atom stereocenters. The predicted molar refractivity (Wildman–Crippen MR) is 155 cm³/mol. The van der Waals surface area contributed by atoms with Crippen LogP contribution in [-0.4, -0.2) is 28.6 Å².